The van der Waals surface area contributed by atoms with E-state index < -0.39 is 35.3 Å². The molecule has 0 aliphatic carbocycles. The van der Waals surface area contributed by atoms with Crippen molar-refractivity contribution in [2.75, 3.05) is 13.7 Å². The van der Waals surface area contributed by atoms with Gasteiger partial charge in [0.25, 0.3) is 0 Å². The van der Waals surface area contributed by atoms with Crippen LogP contribution >= 0.6 is 0 Å². The minimum absolute atomic E-state index is 0.0982. The van der Waals surface area contributed by atoms with Crippen LogP contribution in [0.4, 0.5) is 13.2 Å². The van der Waals surface area contributed by atoms with Gasteiger partial charge < -0.3 is 14.2 Å². The van der Waals surface area contributed by atoms with Crippen molar-refractivity contribution in [3.8, 4) is 5.75 Å². The van der Waals surface area contributed by atoms with Gasteiger partial charge in [0.2, 0.25) is 0 Å². The first kappa shape index (κ1) is 17.8. The fraction of sp³-hybridized carbons (Fsp3) is 0.429. The van der Waals surface area contributed by atoms with E-state index in [1.54, 1.807) is 0 Å². The van der Waals surface area contributed by atoms with Crippen molar-refractivity contribution in [2.24, 2.45) is 0 Å². The van der Waals surface area contributed by atoms with Gasteiger partial charge in [-0.05, 0) is 25.1 Å². The molecule has 1 aromatic carbocycles. The highest BCUT2D eigenvalue weighted by atomic mass is 19.4. The first-order valence-corrected chi connectivity index (χ1v) is 6.24. The summed E-state index contributed by atoms with van der Waals surface area (Å²) in [5.41, 5.74) is -1.76. The summed E-state index contributed by atoms with van der Waals surface area (Å²) >= 11 is 0. The van der Waals surface area contributed by atoms with Gasteiger partial charge in [-0.25, -0.2) is 4.79 Å². The number of alkyl halides is 3. The minimum Gasteiger partial charge on any atom is -0.490 e. The molecule has 8 heteroatoms. The van der Waals surface area contributed by atoms with Gasteiger partial charge in [-0.3, -0.25) is 4.79 Å². The van der Waals surface area contributed by atoms with E-state index in [0.29, 0.717) is 6.07 Å². The summed E-state index contributed by atoms with van der Waals surface area (Å²) < 4.78 is 53.1. The summed E-state index contributed by atoms with van der Waals surface area (Å²) in [5.74, 6) is -1.71. The van der Waals surface area contributed by atoms with Gasteiger partial charge in [0.1, 0.15) is 18.5 Å². The average molecular weight is 320 g/mol. The quantitative estimate of drug-likeness (QED) is 0.781. The normalized spacial score (nSPS) is 12.5. The molecular formula is C14H15F3O5. The number of benzene rings is 1. The van der Waals surface area contributed by atoms with Crippen molar-refractivity contribution in [3.05, 3.63) is 29.3 Å². The molecule has 1 atom stereocenters. The molecule has 0 radical (unpaired) electrons. The number of hydrogen-bond acceptors (Lipinski definition) is 5. The molecule has 0 aromatic heterocycles. The number of ether oxygens (including phenoxy) is 3. The van der Waals surface area contributed by atoms with Crippen LogP contribution in [0.1, 0.15) is 29.8 Å². The second-order valence-corrected chi connectivity index (χ2v) is 4.43. The minimum atomic E-state index is -4.73. The van der Waals surface area contributed by atoms with Gasteiger partial charge in [0.15, 0.2) is 0 Å². The maximum absolute atomic E-state index is 13.0. The van der Waals surface area contributed by atoms with Gasteiger partial charge in [0.05, 0.1) is 18.2 Å². The van der Waals surface area contributed by atoms with Crippen molar-refractivity contribution in [2.45, 2.75) is 26.1 Å². The predicted molar refractivity (Wildman–Crippen MR) is 69.5 cm³/mol. The number of carbonyl (C=O) groups is 2. The Morgan fingerprint density at radius 2 is 1.91 bits per heavy atom. The molecule has 0 spiro atoms. The van der Waals surface area contributed by atoms with E-state index in [4.69, 9.17) is 9.47 Å². The number of carbonyl (C=O) groups excluding carboxylic acids is 2. The van der Waals surface area contributed by atoms with Crippen molar-refractivity contribution >= 4 is 11.9 Å². The topological polar surface area (TPSA) is 61.8 Å². The van der Waals surface area contributed by atoms with Crippen LogP contribution < -0.4 is 4.74 Å². The Labute approximate surface area is 125 Å². The van der Waals surface area contributed by atoms with Gasteiger partial charge in [-0.15, -0.1) is 0 Å². The lowest BCUT2D eigenvalue weighted by Gasteiger charge is -2.16. The highest BCUT2D eigenvalue weighted by Crippen LogP contribution is 2.34. The maximum Gasteiger partial charge on any atom is 0.417 e. The van der Waals surface area contributed by atoms with E-state index in [1.165, 1.54) is 19.9 Å². The average Bonchev–Trinajstić information content (AvgIpc) is 2.42. The Morgan fingerprint density at radius 3 is 2.41 bits per heavy atom. The number of halogens is 3. The molecule has 0 aliphatic rings. The van der Waals surface area contributed by atoms with Crippen LogP contribution in [-0.2, 0) is 20.4 Å². The standard InChI is InChI=1S/C14H15F3O5/c1-8(22-9(2)18)7-21-10-4-5-11(13(19)20-3)12(6-10)14(15,16)17/h4-6,8H,7H2,1-3H3/t8-/m0/s1. The summed E-state index contributed by atoms with van der Waals surface area (Å²) in [4.78, 5) is 22.1. The fourth-order valence-corrected chi connectivity index (χ4v) is 1.67. The molecule has 0 fully saturated rings. The third kappa shape index (κ3) is 4.94. The summed E-state index contributed by atoms with van der Waals surface area (Å²) in [6.45, 7) is 2.63. The molecule has 1 aromatic rings. The molecule has 122 valence electrons. The third-order valence-corrected chi connectivity index (χ3v) is 2.55. The molecule has 0 aliphatic heterocycles. The van der Waals surface area contributed by atoms with Crippen LogP contribution in [0.3, 0.4) is 0 Å². The first-order valence-electron chi connectivity index (χ1n) is 6.24. The van der Waals surface area contributed by atoms with E-state index >= 15 is 0 Å². The summed E-state index contributed by atoms with van der Waals surface area (Å²) in [5, 5.41) is 0. The molecule has 0 bridgehead atoms. The molecule has 0 saturated carbocycles. The van der Waals surface area contributed by atoms with Crippen molar-refractivity contribution in [3.63, 3.8) is 0 Å². The fourth-order valence-electron chi connectivity index (χ4n) is 1.67. The Kier molecular flexibility index (Phi) is 5.78. The van der Waals surface area contributed by atoms with Crippen LogP contribution in [0.15, 0.2) is 18.2 Å². The zero-order valence-corrected chi connectivity index (χ0v) is 12.2. The number of hydrogen-bond donors (Lipinski definition) is 0. The molecule has 5 nitrogen and oxygen atoms in total. The smallest absolute Gasteiger partial charge is 0.417 e. The zero-order chi connectivity index (χ0) is 16.9. The number of rotatable bonds is 5. The zero-order valence-electron chi connectivity index (χ0n) is 12.2. The van der Waals surface area contributed by atoms with E-state index in [1.807, 2.05) is 0 Å². The van der Waals surface area contributed by atoms with Crippen molar-refractivity contribution in [1.29, 1.82) is 0 Å². The Hall–Kier alpha value is -2.25. The second kappa shape index (κ2) is 7.15. The van der Waals surface area contributed by atoms with Crippen LogP contribution in [0.25, 0.3) is 0 Å². The van der Waals surface area contributed by atoms with Crippen LogP contribution in [0.5, 0.6) is 5.75 Å². The number of methoxy groups -OCH3 is 1. The molecule has 1 rings (SSSR count). The molecule has 0 heterocycles. The Bertz CT molecular complexity index is 554. The van der Waals surface area contributed by atoms with Crippen molar-refractivity contribution < 1.29 is 37.0 Å². The van der Waals surface area contributed by atoms with Crippen LogP contribution in [-0.4, -0.2) is 31.8 Å². The van der Waals surface area contributed by atoms with Gasteiger partial charge >= 0.3 is 18.1 Å². The lowest BCUT2D eigenvalue weighted by molar-refractivity contribution is -0.146. The lowest BCUT2D eigenvalue weighted by Crippen LogP contribution is -2.21. The van der Waals surface area contributed by atoms with Gasteiger partial charge in [-0.1, -0.05) is 0 Å². The van der Waals surface area contributed by atoms with Gasteiger partial charge in [0, 0.05) is 6.92 Å². The highest BCUT2D eigenvalue weighted by molar-refractivity contribution is 5.91. The molecule has 0 unspecified atom stereocenters. The maximum atomic E-state index is 13.0. The molecule has 0 amide bonds. The molecule has 22 heavy (non-hydrogen) atoms. The monoisotopic (exact) mass is 320 g/mol. The van der Waals surface area contributed by atoms with E-state index in [9.17, 15) is 22.8 Å². The van der Waals surface area contributed by atoms with Crippen molar-refractivity contribution in [1.82, 2.24) is 0 Å². The largest absolute Gasteiger partial charge is 0.490 e. The summed E-state index contributed by atoms with van der Waals surface area (Å²) in [7, 11) is 0.994. The third-order valence-electron chi connectivity index (χ3n) is 2.55. The molecule has 0 saturated heterocycles. The highest BCUT2D eigenvalue weighted by Gasteiger charge is 2.36. The number of esters is 2. The summed E-state index contributed by atoms with van der Waals surface area (Å²) in [6.07, 6.45) is -5.35. The molecular weight excluding hydrogens is 305 g/mol. The second-order valence-electron chi connectivity index (χ2n) is 4.43. The SMILES string of the molecule is COC(=O)c1ccc(OC[C@H](C)OC(C)=O)cc1C(F)(F)F. The van der Waals surface area contributed by atoms with E-state index in [0.717, 1.165) is 13.2 Å². The predicted octanol–water partition coefficient (Wildman–Crippen LogP) is 2.82. The first-order chi connectivity index (χ1) is 10.1. The Morgan fingerprint density at radius 1 is 1.27 bits per heavy atom. The van der Waals surface area contributed by atoms with E-state index in [2.05, 4.69) is 4.74 Å². The lowest BCUT2D eigenvalue weighted by atomic mass is 10.1. The molecule has 0 N–H and O–H groups in total. The van der Waals surface area contributed by atoms with Crippen LogP contribution in [0.2, 0.25) is 0 Å². The van der Waals surface area contributed by atoms with Crippen LogP contribution in [0, 0.1) is 0 Å². The van der Waals surface area contributed by atoms with Gasteiger partial charge in [-0.2, -0.15) is 13.2 Å². The summed E-state index contributed by atoms with van der Waals surface area (Å²) in [6, 6.07) is 2.88. The Balaban J connectivity index is 2.95. The van der Waals surface area contributed by atoms with E-state index in [-0.39, 0.29) is 12.4 Å².